The van der Waals surface area contributed by atoms with Crippen molar-refractivity contribution in [2.75, 3.05) is 6.54 Å². The van der Waals surface area contributed by atoms with E-state index in [0.717, 1.165) is 12.5 Å². The standard InChI is InChI=1S/C27H29ClF4N6O3/c1-26(29,30)20-14-37(24(39)34-20)12-18-11-21-33-19(13-38(21)36-23(18)28)22(17-7-9-27(31,32)10-8-17)35-25(40)41-15-16-5-3-2-4-6-16/h2-6,11,13,17,20,22H,7-10,12,14-15H2,1H3,(H,34,39)(H,35,40)/t20-,22-/m0/s1. The summed E-state index contributed by atoms with van der Waals surface area (Å²) < 4.78 is 62.1. The number of aromatic nitrogens is 3. The summed E-state index contributed by atoms with van der Waals surface area (Å²) in [5.74, 6) is -6.19. The van der Waals surface area contributed by atoms with Crippen molar-refractivity contribution in [2.45, 2.75) is 69.7 Å². The van der Waals surface area contributed by atoms with E-state index in [4.69, 9.17) is 16.3 Å². The zero-order valence-corrected chi connectivity index (χ0v) is 22.9. The third kappa shape index (κ3) is 6.83. The van der Waals surface area contributed by atoms with Gasteiger partial charge in [-0.3, -0.25) is 0 Å². The van der Waals surface area contributed by atoms with Gasteiger partial charge in [0.1, 0.15) is 12.6 Å². The summed E-state index contributed by atoms with van der Waals surface area (Å²) in [4.78, 5) is 30.8. The Morgan fingerprint density at radius 1 is 1.27 bits per heavy atom. The fourth-order valence-corrected chi connectivity index (χ4v) is 5.35. The average Bonchev–Trinajstić information content (AvgIpc) is 3.50. The highest BCUT2D eigenvalue weighted by molar-refractivity contribution is 6.30. The van der Waals surface area contributed by atoms with Gasteiger partial charge < -0.3 is 20.3 Å². The predicted molar refractivity (Wildman–Crippen MR) is 141 cm³/mol. The van der Waals surface area contributed by atoms with E-state index in [1.54, 1.807) is 12.3 Å². The molecule has 1 aliphatic heterocycles. The molecule has 2 aromatic heterocycles. The van der Waals surface area contributed by atoms with Crippen LogP contribution in [0, 0.1) is 5.92 Å². The Balaban J connectivity index is 1.36. The van der Waals surface area contributed by atoms with Gasteiger partial charge in [-0.2, -0.15) is 5.10 Å². The molecule has 1 saturated heterocycles. The fourth-order valence-electron chi connectivity index (χ4n) is 5.16. The summed E-state index contributed by atoms with van der Waals surface area (Å²) >= 11 is 6.37. The highest BCUT2D eigenvalue weighted by Crippen LogP contribution is 2.41. The van der Waals surface area contributed by atoms with E-state index in [1.807, 2.05) is 30.3 Å². The summed E-state index contributed by atoms with van der Waals surface area (Å²) in [5.41, 5.74) is 1.87. The largest absolute Gasteiger partial charge is 0.445 e. The molecule has 2 fully saturated rings. The van der Waals surface area contributed by atoms with Gasteiger partial charge in [0.2, 0.25) is 5.92 Å². The van der Waals surface area contributed by atoms with Crippen LogP contribution in [0.2, 0.25) is 5.15 Å². The second-order valence-electron chi connectivity index (χ2n) is 10.6. The van der Waals surface area contributed by atoms with Crippen molar-refractivity contribution < 1.29 is 31.9 Å². The molecular formula is C27H29ClF4N6O3. The molecule has 3 heterocycles. The number of benzene rings is 1. The number of hydrogen-bond donors (Lipinski definition) is 2. The average molecular weight is 597 g/mol. The van der Waals surface area contributed by atoms with Crippen molar-refractivity contribution in [3.05, 3.63) is 64.6 Å². The lowest BCUT2D eigenvalue weighted by Crippen LogP contribution is -2.41. The third-order valence-electron chi connectivity index (χ3n) is 7.50. The number of imidazole rings is 1. The minimum atomic E-state index is -3.10. The van der Waals surface area contributed by atoms with Gasteiger partial charge in [-0.15, -0.1) is 0 Å². The van der Waals surface area contributed by atoms with Crippen LogP contribution < -0.4 is 10.6 Å². The Labute approximate surface area is 238 Å². The van der Waals surface area contributed by atoms with Crippen LogP contribution >= 0.6 is 11.6 Å². The summed E-state index contributed by atoms with van der Waals surface area (Å²) in [6, 6.07) is 7.94. The number of rotatable bonds is 8. The molecule has 0 spiro atoms. The van der Waals surface area contributed by atoms with Crippen molar-refractivity contribution in [1.29, 1.82) is 0 Å². The van der Waals surface area contributed by atoms with Crippen LogP contribution in [0.25, 0.3) is 5.65 Å². The zero-order valence-electron chi connectivity index (χ0n) is 22.1. The second-order valence-corrected chi connectivity index (χ2v) is 11.0. The van der Waals surface area contributed by atoms with Crippen molar-refractivity contribution in [2.24, 2.45) is 5.92 Å². The summed E-state index contributed by atoms with van der Waals surface area (Å²) in [5, 5.41) is 9.39. The van der Waals surface area contributed by atoms with Crippen LogP contribution in [0.1, 0.15) is 55.5 Å². The first-order chi connectivity index (χ1) is 19.4. The van der Waals surface area contributed by atoms with Crippen molar-refractivity contribution in [3.63, 3.8) is 0 Å². The number of amides is 3. The molecular weight excluding hydrogens is 568 g/mol. The van der Waals surface area contributed by atoms with Crippen LogP contribution in [-0.2, 0) is 17.9 Å². The number of alkyl halides is 4. The molecule has 1 aliphatic carbocycles. The molecule has 0 bridgehead atoms. The lowest BCUT2D eigenvalue weighted by Gasteiger charge is -2.33. The summed E-state index contributed by atoms with van der Waals surface area (Å²) in [7, 11) is 0. The van der Waals surface area contributed by atoms with E-state index >= 15 is 0 Å². The van der Waals surface area contributed by atoms with Gasteiger partial charge in [-0.05, 0) is 30.4 Å². The smallest absolute Gasteiger partial charge is 0.408 e. The maximum atomic E-state index is 13.9. The molecule has 3 aromatic rings. The topological polar surface area (TPSA) is 101 Å². The maximum Gasteiger partial charge on any atom is 0.408 e. The molecule has 220 valence electrons. The first-order valence-corrected chi connectivity index (χ1v) is 13.6. The Bertz CT molecular complexity index is 1410. The number of nitrogens with one attached hydrogen (secondary N) is 2. The van der Waals surface area contributed by atoms with Crippen LogP contribution in [0.15, 0.2) is 42.6 Å². The van der Waals surface area contributed by atoms with Gasteiger partial charge in [0.25, 0.3) is 5.92 Å². The molecule has 5 rings (SSSR count). The van der Waals surface area contributed by atoms with Crippen molar-refractivity contribution in [1.82, 2.24) is 30.1 Å². The lowest BCUT2D eigenvalue weighted by molar-refractivity contribution is -0.0497. The molecule has 0 radical (unpaired) electrons. The van der Waals surface area contributed by atoms with Gasteiger partial charge in [-0.25, -0.2) is 36.7 Å². The van der Waals surface area contributed by atoms with Gasteiger partial charge in [0, 0.05) is 31.9 Å². The molecule has 2 atom stereocenters. The Kier molecular flexibility index (Phi) is 8.00. The van der Waals surface area contributed by atoms with Gasteiger partial charge in [0.05, 0.1) is 24.5 Å². The highest BCUT2D eigenvalue weighted by Gasteiger charge is 2.43. The first kappa shape index (κ1) is 28.9. The quantitative estimate of drug-likeness (QED) is 0.324. The number of fused-ring (bicyclic) bond motifs is 1. The molecule has 3 amide bonds. The molecule has 14 heteroatoms. The van der Waals surface area contributed by atoms with E-state index < -0.39 is 36.1 Å². The number of carbonyl (C=O) groups is 2. The third-order valence-corrected chi connectivity index (χ3v) is 7.81. The van der Waals surface area contributed by atoms with E-state index in [-0.39, 0.29) is 56.5 Å². The highest BCUT2D eigenvalue weighted by atomic mass is 35.5. The first-order valence-electron chi connectivity index (χ1n) is 13.2. The van der Waals surface area contributed by atoms with E-state index in [0.29, 0.717) is 16.9 Å². The molecule has 0 unspecified atom stereocenters. The number of urea groups is 1. The van der Waals surface area contributed by atoms with Gasteiger partial charge in [-0.1, -0.05) is 41.9 Å². The van der Waals surface area contributed by atoms with Gasteiger partial charge >= 0.3 is 12.1 Å². The number of halogens is 5. The Hall–Kier alpha value is -3.61. The molecule has 41 heavy (non-hydrogen) atoms. The van der Waals surface area contributed by atoms with Crippen LogP contribution in [-0.4, -0.2) is 56.1 Å². The number of nitrogens with zero attached hydrogens (tertiary/aromatic N) is 4. The van der Waals surface area contributed by atoms with E-state index in [9.17, 15) is 27.2 Å². The molecule has 2 N–H and O–H groups in total. The SMILES string of the molecule is CC(F)(F)[C@@H]1CN(Cc2cc3nc([C@@H](NC(=O)OCc4ccccc4)C4CCC(F)(F)CC4)cn3nc2Cl)C(=O)N1. The fraction of sp³-hybridized carbons (Fsp3) is 0.481. The lowest BCUT2D eigenvalue weighted by atomic mass is 9.81. The maximum absolute atomic E-state index is 13.9. The number of ether oxygens (including phenoxy) is 1. The van der Waals surface area contributed by atoms with E-state index in [1.165, 1.54) is 9.42 Å². The molecule has 9 nitrogen and oxygen atoms in total. The molecule has 2 aliphatic rings. The summed E-state index contributed by atoms with van der Waals surface area (Å²) in [6.45, 7) is 0.479. The normalized spacial score (nSPS) is 20.2. The number of alkyl carbamates (subject to hydrolysis) is 1. The zero-order chi connectivity index (χ0) is 29.4. The van der Waals surface area contributed by atoms with E-state index in [2.05, 4.69) is 20.7 Å². The van der Waals surface area contributed by atoms with Crippen molar-refractivity contribution >= 4 is 29.4 Å². The van der Waals surface area contributed by atoms with Crippen LogP contribution in [0.3, 0.4) is 0 Å². The number of carbonyl (C=O) groups excluding carboxylic acids is 2. The minimum absolute atomic E-state index is 0.0305. The van der Waals surface area contributed by atoms with Crippen LogP contribution in [0.5, 0.6) is 0 Å². The molecule has 1 aromatic carbocycles. The molecule has 1 saturated carbocycles. The monoisotopic (exact) mass is 596 g/mol. The van der Waals surface area contributed by atoms with Gasteiger partial charge in [0.15, 0.2) is 10.8 Å². The number of hydrogen-bond acceptors (Lipinski definition) is 5. The van der Waals surface area contributed by atoms with Crippen LogP contribution in [0.4, 0.5) is 27.2 Å². The predicted octanol–water partition coefficient (Wildman–Crippen LogP) is 5.72. The minimum Gasteiger partial charge on any atom is -0.445 e. The second kappa shape index (κ2) is 11.3. The van der Waals surface area contributed by atoms with Crippen molar-refractivity contribution in [3.8, 4) is 0 Å². The summed E-state index contributed by atoms with van der Waals surface area (Å²) in [6.07, 6.45) is 0.533. The Morgan fingerprint density at radius 3 is 2.63 bits per heavy atom. The Morgan fingerprint density at radius 2 is 1.98 bits per heavy atom.